The van der Waals surface area contributed by atoms with Gasteiger partial charge in [-0.1, -0.05) is 24.3 Å². The van der Waals surface area contributed by atoms with Gasteiger partial charge in [-0.3, -0.25) is 0 Å². The van der Waals surface area contributed by atoms with Gasteiger partial charge in [0.15, 0.2) is 0 Å². The number of allylic oxidation sites excluding steroid dienone is 2. The van der Waals surface area contributed by atoms with Crippen molar-refractivity contribution in [2.24, 2.45) is 0 Å². The van der Waals surface area contributed by atoms with E-state index in [1.54, 1.807) is 17.6 Å². The van der Waals surface area contributed by atoms with Gasteiger partial charge in [0.05, 0.1) is 10.8 Å². The van der Waals surface area contributed by atoms with Crippen LogP contribution in [0.4, 0.5) is 0 Å². The summed E-state index contributed by atoms with van der Waals surface area (Å²) in [6, 6.07) is 9.31. The monoisotopic (exact) mass is 204 g/mol. The molecule has 0 bridgehead atoms. The molecule has 0 aliphatic heterocycles. The van der Waals surface area contributed by atoms with Crippen LogP contribution >= 0.6 is 0 Å². The van der Waals surface area contributed by atoms with Crippen LogP contribution in [0.2, 0.25) is 0 Å². The Kier molecular flexibility index (Phi) is 4.70. The highest BCUT2D eigenvalue weighted by Crippen LogP contribution is 2.05. The molecule has 1 aromatic rings. The smallest absolute Gasteiger partial charge is 0.0854 e. The molecule has 0 heterocycles. The summed E-state index contributed by atoms with van der Waals surface area (Å²) in [5, 5.41) is 1.55. The van der Waals surface area contributed by atoms with E-state index in [4.69, 9.17) is 0 Å². The molecule has 14 heavy (non-hydrogen) atoms. The molecule has 1 atom stereocenters. The predicted molar refractivity (Wildman–Crippen MR) is 60.3 cm³/mol. The molecule has 0 N–H and O–H groups in total. The summed E-state index contributed by atoms with van der Waals surface area (Å²) in [6.45, 7) is 3.57. The Bertz CT molecular complexity index is 373. The van der Waals surface area contributed by atoms with E-state index in [1.165, 1.54) is 0 Å². The van der Waals surface area contributed by atoms with E-state index in [0.29, 0.717) is 0 Å². The standard InChI is InChI=1S/C12H12OS/c1-2-3-4-8-11-14(13)12-9-6-5-7-10-12/h2,4-7,9-11H,1,3H2. The summed E-state index contributed by atoms with van der Waals surface area (Å²) >= 11 is 0. The zero-order valence-corrected chi connectivity index (χ0v) is 8.67. The molecule has 2 heteroatoms. The molecule has 0 saturated carbocycles. The third kappa shape index (κ3) is 3.56. The molecule has 0 saturated heterocycles. The van der Waals surface area contributed by atoms with Crippen molar-refractivity contribution >= 4 is 10.8 Å². The molecule has 0 aliphatic carbocycles. The van der Waals surface area contributed by atoms with Crippen LogP contribution < -0.4 is 0 Å². The van der Waals surface area contributed by atoms with Gasteiger partial charge in [-0.25, -0.2) is 4.21 Å². The molecule has 1 nitrogen and oxygen atoms in total. The Hall–Kier alpha value is -1.37. The topological polar surface area (TPSA) is 17.1 Å². The first kappa shape index (κ1) is 10.7. The van der Waals surface area contributed by atoms with E-state index in [2.05, 4.69) is 12.3 Å². The van der Waals surface area contributed by atoms with Crippen LogP contribution in [-0.2, 0) is 10.8 Å². The average Bonchev–Trinajstić information content (AvgIpc) is 2.25. The van der Waals surface area contributed by atoms with Gasteiger partial charge in [0.1, 0.15) is 0 Å². The Labute approximate surface area is 86.9 Å². The maximum absolute atomic E-state index is 11.6. The van der Waals surface area contributed by atoms with Crippen LogP contribution in [0.15, 0.2) is 65.1 Å². The van der Waals surface area contributed by atoms with Crippen LogP contribution in [0.1, 0.15) is 6.42 Å². The summed E-state index contributed by atoms with van der Waals surface area (Å²) in [4.78, 5) is 0.798. The van der Waals surface area contributed by atoms with E-state index < -0.39 is 10.8 Å². The Morgan fingerprint density at radius 2 is 2.07 bits per heavy atom. The van der Waals surface area contributed by atoms with Crippen molar-refractivity contribution in [3.05, 3.63) is 60.2 Å². The van der Waals surface area contributed by atoms with Gasteiger partial charge in [-0.2, -0.15) is 0 Å². The molecule has 0 spiro atoms. The maximum Gasteiger partial charge on any atom is 0.0854 e. The molecular weight excluding hydrogens is 192 g/mol. The van der Waals surface area contributed by atoms with Crippen molar-refractivity contribution < 1.29 is 4.21 Å². The van der Waals surface area contributed by atoms with Gasteiger partial charge in [0.2, 0.25) is 0 Å². The van der Waals surface area contributed by atoms with Crippen molar-refractivity contribution in [3.8, 4) is 0 Å². The van der Waals surface area contributed by atoms with E-state index in [-0.39, 0.29) is 0 Å². The van der Waals surface area contributed by atoms with Gasteiger partial charge in [-0.05, 0) is 24.6 Å². The predicted octanol–water partition coefficient (Wildman–Crippen LogP) is 3.04. The molecule has 1 aromatic carbocycles. The first-order valence-corrected chi connectivity index (χ1v) is 5.53. The zero-order valence-electron chi connectivity index (χ0n) is 7.85. The lowest BCUT2D eigenvalue weighted by Crippen LogP contribution is -1.83. The Balaban J connectivity index is 2.68. The number of hydrogen-bond acceptors (Lipinski definition) is 1. The molecule has 0 aromatic heterocycles. The number of benzene rings is 1. The lowest BCUT2D eigenvalue weighted by atomic mass is 10.4. The van der Waals surface area contributed by atoms with E-state index >= 15 is 0 Å². The van der Waals surface area contributed by atoms with Crippen LogP contribution in [0.5, 0.6) is 0 Å². The normalized spacial score (nSPS) is 11.1. The summed E-state index contributed by atoms with van der Waals surface area (Å²) in [5.41, 5.74) is 2.86. The third-order valence-corrected chi connectivity index (χ3v) is 2.64. The number of hydrogen-bond donors (Lipinski definition) is 0. The molecule has 0 fully saturated rings. The molecule has 0 amide bonds. The SMILES string of the molecule is C=CCC=C=CS(=O)c1ccccc1. The summed E-state index contributed by atoms with van der Waals surface area (Å²) < 4.78 is 11.6. The summed E-state index contributed by atoms with van der Waals surface area (Å²) in [5.74, 6) is 0. The van der Waals surface area contributed by atoms with Crippen molar-refractivity contribution in [3.63, 3.8) is 0 Å². The zero-order chi connectivity index (χ0) is 10.2. The highest BCUT2D eigenvalue weighted by atomic mass is 32.2. The minimum absolute atomic E-state index is 0.752. The summed E-state index contributed by atoms with van der Waals surface area (Å²) in [7, 11) is -1.09. The molecule has 0 aliphatic rings. The fourth-order valence-electron chi connectivity index (χ4n) is 0.884. The fourth-order valence-corrected chi connectivity index (χ4v) is 1.67. The maximum atomic E-state index is 11.6. The highest BCUT2D eigenvalue weighted by molar-refractivity contribution is 7.88. The lowest BCUT2D eigenvalue weighted by Gasteiger charge is -1.92. The fraction of sp³-hybridized carbons (Fsp3) is 0.0833. The van der Waals surface area contributed by atoms with Crippen LogP contribution in [0.25, 0.3) is 0 Å². The van der Waals surface area contributed by atoms with Gasteiger partial charge in [-0.15, -0.1) is 12.3 Å². The van der Waals surface area contributed by atoms with Crippen LogP contribution in [0, 0.1) is 0 Å². The molecule has 72 valence electrons. The quantitative estimate of drug-likeness (QED) is 0.544. The Morgan fingerprint density at radius 3 is 2.71 bits per heavy atom. The highest BCUT2D eigenvalue weighted by Gasteiger charge is 1.95. The van der Waals surface area contributed by atoms with E-state index in [9.17, 15) is 4.21 Å². The largest absolute Gasteiger partial charge is 0.249 e. The average molecular weight is 204 g/mol. The molecule has 0 radical (unpaired) electrons. The van der Waals surface area contributed by atoms with E-state index in [0.717, 1.165) is 11.3 Å². The van der Waals surface area contributed by atoms with Crippen molar-refractivity contribution in [2.45, 2.75) is 11.3 Å². The van der Waals surface area contributed by atoms with Crippen molar-refractivity contribution in [2.75, 3.05) is 0 Å². The van der Waals surface area contributed by atoms with Gasteiger partial charge in [0, 0.05) is 10.3 Å². The molecule has 1 unspecified atom stereocenters. The van der Waals surface area contributed by atoms with Gasteiger partial charge < -0.3 is 0 Å². The van der Waals surface area contributed by atoms with Crippen LogP contribution in [0.3, 0.4) is 0 Å². The second-order valence-corrected chi connectivity index (χ2v) is 3.93. The summed E-state index contributed by atoms with van der Waals surface area (Å²) in [6.07, 6.45) is 4.32. The first-order chi connectivity index (χ1) is 6.84. The minimum atomic E-state index is -1.09. The first-order valence-electron chi connectivity index (χ1n) is 4.32. The molecular formula is C12H12OS. The van der Waals surface area contributed by atoms with Crippen molar-refractivity contribution in [1.82, 2.24) is 0 Å². The van der Waals surface area contributed by atoms with E-state index in [1.807, 2.05) is 30.3 Å². The second kappa shape index (κ2) is 6.14. The van der Waals surface area contributed by atoms with Crippen LogP contribution in [-0.4, -0.2) is 4.21 Å². The second-order valence-electron chi connectivity index (χ2n) is 2.62. The third-order valence-electron chi connectivity index (χ3n) is 1.55. The van der Waals surface area contributed by atoms with Gasteiger partial charge in [0.25, 0.3) is 0 Å². The molecule has 1 rings (SSSR count). The Morgan fingerprint density at radius 1 is 1.36 bits per heavy atom. The minimum Gasteiger partial charge on any atom is -0.249 e. The van der Waals surface area contributed by atoms with Crippen molar-refractivity contribution in [1.29, 1.82) is 0 Å². The van der Waals surface area contributed by atoms with Gasteiger partial charge >= 0.3 is 0 Å². The lowest BCUT2D eigenvalue weighted by molar-refractivity contribution is 0.688. The number of rotatable bonds is 4.